The smallest absolute Gasteiger partial charge is 0.277 e. The van der Waals surface area contributed by atoms with Crippen molar-refractivity contribution < 1.29 is 9.53 Å². The van der Waals surface area contributed by atoms with Gasteiger partial charge in [0.15, 0.2) is 12.4 Å². The van der Waals surface area contributed by atoms with Gasteiger partial charge < -0.3 is 9.30 Å². The highest BCUT2D eigenvalue weighted by atomic mass is 79.9. The first-order valence-corrected chi connectivity index (χ1v) is 8.63. The fraction of sp³-hybridized carbons (Fsp3) is 0.167. The lowest BCUT2D eigenvalue weighted by Gasteiger charge is -2.06. The van der Waals surface area contributed by atoms with Crippen LogP contribution in [-0.4, -0.2) is 28.3 Å². The fourth-order valence-corrected chi connectivity index (χ4v) is 2.82. The van der Waals surface area contributed by atoms with E-state index in [1.807, 2.05) is 54.0 Å². The molecule has 0 bridgehead atoms. The average Bonchev–Trinajstić information content (AvgIpc) is 2.98. The molecule has 6 nitrogen and oxygen atoms in total. The van der Waals surface area contributed by atoms with Gasteiger partial charge in [-0.3, -0.25) is 4.79 Å². The fourth-order valence-electron chi connectivity index (χ4n) is 2.42. The van der Waals surface area contributed by atoms with Crippen molar-refractivity contribution in [1.82, 2.24) is 15.0 Å². The molecule has 1 aromatic heterocycles. The van der Waals surface area contributed by atoms with Gasteiger partial charge in [0, 0.05) is 6.54 Å². The van der Waals surface area contributed by atoms with Crippen LogP contribution in [-0.2, 0) is 11.3 Å². The van der Waals surface area contributed by atoms with Crippen molar-refractivity contribution >= 4 is 39.1 Å². The zero-order valence-electron chi connectivity index (χ0n) is 13.6. The number of nitrogens with one attached hydrogen (secondary N) is 1. The number of ether oxygens (including phenoxy) is 1. The molecule has 0 radical (unpaired) electrons. The number of hydrogen-bond donors (Lipinski definition) is 1. The van der Waals surface area contributed by atoms with E-state index in [1.165, 1.54) is 0 Å². The molecular weight excluding hydrogens is 384 g/mol. The number of nitrogens with zero attached hydrogens (tertiary/aromatic N) is 3. The second-order valence-electron chi connectivity index (χ2n) is 5.22. The Hall–Kier alpha value is -2.67. The zero-order valence-corrected chi connectivity index (χ0v) is 15.2. The standard InChI is InChI=1S/C18H17BrN4O2/c1-2-23-15-9-5-4-8-14(15)21-17(23)11-20-22-18(24)12-25-16-10-6-3-7-13(16)19/h3-11H,2,12H2,1H3,(H,22,24). The summed E-state index contributed by atoms with van der Waals surface area (Å²) in [6.07, 6.45) is 1.54. The van der Waals surface area contributed by atoms with Crippen LogP contribution in [0.1, 0.15) is 12.7 Å². The summed E-state index contributed by atoms with van der Waals surface area (Å²) >= 11 is 3.36. The Balaban J connectivity index is 1.61. The Kier molecular flexibility index (Phi) is 5.45. The zero-order chi connectivity index (χ0) is 17.6. The van der Waals surface area contributed by atoms with Gasteiger partial charge in [-0.25, -0.2) is 10.4 Å². The third-order valence-electron chi connectivity index (χ3n) is 3.56. The van der Waals surface area contributed by atoms with Crippen molar-refractivity contribution in [2.24, 2.45) is 5.10 Å². The summed E-state index contributed by atoms with van der Waals surface area (Å²) in [5.74, 6) is 0.955. The largest absolute Gasteiger partial charge is 0.483 e. The molecule has 0 aliphatic carbocycles. The molecule has 0 atom stereocenters. The lowest BCUT2D eigenvalue weighted by molar-refractivity contribution is -0.123. The quantitative estimate of drug-likeness (QED) is 0.509. The summed E-state index contributed by atoms with van der Waals surface area (Å²) in [5.41, 5.74) is 4.39. The summed E-state index contributed by atoms with van der Waals surface area (Å²) in [4.78, 5) is 16.4. The van der Waals surface area contributed by atoms with Crippen molar-refractivity contribution in [3.8, 4) is 5.75 Å². The van der Waals surface area contributed by atoms with Gasteiger partial charge in [-0.2, -0.15) is 5.10 Å². The molecule has 1 amide bonds. The maximum atomic E-state index is 11.9. The first kappa shape index (κ1) is 17.2. The van der Waals surface area contributed by atoms with E-state index < -0.39 is 0 Å². The number of carbonyl (C=O) groups is 1. The minimum absolute atomic E-state index is 0.121. The van der Waals surface area contributed by atoms with Crippen LogP contribution in [0.4, 0.5) is 0 Å². The van der Waals surface area contributed by atoms with Gasteiger partial charge >= 0.3 is 0 Å². The summed E-state index contributed by atoms with van der Waals surface area (Å²) in [6.45, 7) is 2.68. The lowest BCUT2D eigenvalue weighted by atomic mass is 10.3. The molecule has 3 rings (SSSR count). The minimum atomic E-state index is -0.342. The average molecular weight is 401 g/mol. The summed E-state index contributed by atoms with van der Waals surface area (Å²) in [6, 6.07) is 15.2. The van der Waals surface area contributed by atoms with Gasteiger partial charge in [-0.15, -0.1) is 0 Å². The molecule has 7 heteroatoms. The molecule has 0 saturated heterocycles. The van der Waals surface area contributed by atoms with Crippen LogP contribution in [0.2, 0.25) is 0 Å². The van der Waals surface area contributed by atoms with Gasteiger partial charge in [0.1, 0.15) is 5.75 Å². The number of aromatic nitrogens is 2. The SMILES string of the molecule is CCn1c(C=NNC(=O)COc2ccccc2Br)nc2ccccc21. The second-order valence-corrected chi connectivity index (χ2v) is 6.07. The molecule has 1 heterocycles. The first-order chi connectivity index (χ1) is 12.2. The monoisotopic (exact) mass is 400 g/mol. The number of fused-ring (bicyclic) bond motifs is 1. The Bertz CT molecular complexity index is 920. The molecule has 0 saturated carbocycles. The molecule has 0 unspecified atom stereocenters. The van der Waals surface area contributed by atoms with E-state index in [9.17, 15) is 4.79 Å². The number of rotatable bonds is 6. The van der Waals surface area contributed by atoms with Gasteiger partial charge in [0.25, 0.3) is 5.91 Å². The van der Waals surface area contributed by atoms with Gasteiger partial charge in [-0.05, 0) is 47.1 Å². The third-order valence-corrected chi connectivity index (χ3v) is 4.22. The van der Waals surface area contributed by atoms with E-state index in [4.69, 9.17) is 4.74 Å². The number of halogens is 1. The summed E-state index contributed by atoms with van der Waals surface area (Å²) < 4.78 is 8.27. The Labute approximate surface area is 153 Å². The van der Waals surface area contributed by atoms with Crippen molar-refractivity contribution in [1.29, 1.82) is 0 Å². The number of benzene rings is 2. The third kappa shape index (κ3) is 4.06. The molecule has 0 fully saturated rings. The molecule has 0 aliphatic rings. The Morgan fingerprint density at radius 3 is 2.84 bits per heavy atom. The number of hydrogen-bond acceptors (Lipinski definition) is 4. The van der Waals surface area contributed by atoms with E-state index in [1.54, 1.807) is 12.3 Å². The van der Waals surface area contributed by atoms with Crippen molar-refractivity contribution in [3.05, 3.63) is 58.8 Å². The van der Waals surface area contributed by atoms with Crippen LogP contribution in [0.3, 0.4) is 0 Å². The highest BCUT2D eigenvalue weighted by molar-refractivity contribution is 9.10. The Morgan fingerprint density at radius 1 is 1.28 bits per heavy atom. The maximum absolute atomic E-state index is 11.9. The number of aryl methyl sites for hydroxylation is 1. The molecule has 2 aromatic carbocycles. The van der Waals surface area contributed by atoms with E-state index in [0.29, 0.717) is 11.6 Å². The number of imidazole rings is 1. The van der Waals surface area contributed by atoms with Gasteiger partial charge in [0.05, 0.1) is 21.7 Å². The minimum Gasteiger partial charge on any atom is -0.483 e. The van der Waals surface area contributed by atoms with Crippen molar-refractivity contribution in [2.75, 3.05) is 6.61 Å². The predicted molar refractivity (Wildman–Crippen MR) is 101 cm³/mol. The molecule has 0 spiro atoms. The summed E-state index contributed by atoms with van der Waals surface area (Å²) in [7, 11) is 0. The molecule has 25 heavy (non-hydrogen) atoms. The molecule has 128 valence electrons. The van der Waals surface area contributed by atoms with Gasteiger partial charge in [0.2, 0.25) is 0 Å². The normalized spacial score (nSPS) is 11.1. The van der Waals surface area contributed by atoms with E-state index >= 15 is 0 Å². The highest BCUT2D eigenvalue weighted by Crippen LogP contribution is 2.23. The Morgan fingerprint density at radius 2 is 2.04 bits per heavy atom. The molecule has 0 aliphatic heterocycles. The second kappa shape index (κ2) is 7.94. The van der Waals surface area contributed by atoms with Crippen molar-refractivity contribution in [2.45, 2.75) is 13.5 Å². The molecule has 3 aromatic rings. The first-order valence-electron chi connectivity index (χ1n) is 7.83. The highest BCUT2D eigenvalue weighted by Gasteiger charge is 2.07. The lowest BCUT2D eigenvalue weighted by Crippen LogP contribution is -2.24. The predicted octanol–water partition coefficient (Wildman–Crippen LogP) is 3.35. The van der Waals surface area contributed by atoms with Crippen LogP contribution in [0, 0.1) is 0 Å². The molecule has 1 N–H and O–H groups in total. The number of para-hydroxylation sites is 3. The molecular formula is C18H17BrN4O2. The maximum Gasteiger partial charge on any atom is 0.277 e. The van der Waals surface area contributed by atoms with Crippen LogP contribution in [0.5, 0.6) is 5.75 Å². The van der Waals surface area contributed by atoms with Crippen molar-refractivity contribution in [3.63, 3.8) is 0 Å². The van der Waals surface area contributed by atoms with E-state index in [2.05, 4.69) is 31.4 Å². The van der Waals surface area contributed by atoms with Crippen LogP contribution < -0.4 is 10.2 Å². The number of hydrazone groups is 1. The van der Waals surface area contributed by atoms with Crippen LogP contribution in [0.25, 0.3) is 11.0 Å². The van der Waals surface area contributed by atoms with E-state index in [0.717, 1.165) is 22.1 Å². The number of carbonyl (C=O) groups excluding carboxylic acids is 1. The van der Waals surface area contributed by atoms with Crippen LogP contribution in [0.15, 0.2) is 58.1 Å². The topological polar surface area (TPSA) is 68.5 Å². The summed E-state index contributed by atoms with van der Waals surface area (Å²) in [5, 5.41) is 3.98. The number of amides is 1. The van der Waals surface area contributed by atoms with Crippen LogP contribution >= 0.6 is 15.9 Å². The van der Waals surface area contributed by atoms with Gasteiger partial charge in [-0.1, -0.05) is 24.3 Å². The van der Waals surface area contributed by atoms with E-state index in [-0.39, 0.29) is 12.5 Å².